The molecular formula is C18H14NO3S-. The number of carbonyl (C=O) groups excluding carboxylic acids is 2. The van der Waals surface area contributed by atoms with Crippen LogP contribution in [0.25, 0.3) is 0 Å². The van der Waals surface area contributed by atoms with Crippen LogP contribution in [0.2, 0.25) is 0 Å². The lowest BCUT2D eigenvalue weighted by molar-refractivity contribution is -0.297. The number of aliphatic carboxylic acids is 1. The lowest BCUT2D eigenvalue weighted by Gasteiger charge is -2.30. The summed E-state index contributed by atoms with van der Waals surface area (Å²) in [5.74, 6) is -1.69. The summed E-state index contributed by atoms with van der Waals surface area (Å²) in [4.78, 5) is 26.1. The summed E-state index contributed by atoms with van der Waals surface area (Å²) in [7, 11) is 0. The van der Waals surface area contributed by atoms with Gasteiger partial charge >= 0.3 is 0 Å². The Kier molecular flexibility index (Phi) is 4.21. The molecule has 5 heteroatoms. The van der Waals surface area contributed by atoms with E-state index in [0.29, 0.717) is 6.54 Å². The summed E-state index contributed by atoms with van der Waals surface area (Å²) in [6.07, 6.45) is 0.866. The van der Waals surface area contributed by atoms with Crippen molar-refractivity contribution in [3.8, 4) is 0 Å². The molecule has 0 N–H and O–H groups in total. The van der Waals surface area contributed by atoms with Gasteiger partial charge in [-0.05, 0) is 30.7 Å². The smallest absolute Gasteiger partial charge is 0.265 e. The summed E-state index contributed by atoms with van der Waals surface area (Å²) >= 11 is 1.16. The molecular weight excluding hydrogens is 310 g/mol. The number of anilines is 1. The van der Waals surface area contributed by atoms with Crippen LogP contribution in [-0.4, -0.2) is 11.9 Å². The Bertz CT molecular complexity index is 796. The molecule has 0 atom stereocenters. The molecule has 0 aromatic heterocycles. The van der Waals surface area contributed by atoms with Gasteiger partial charge in [0.2, 0.25) is 0 Å². The molecule has 116 valence electrons. The number of carbonyl (C=O) groups is 2. The molecule has 0 radical (unpaired) electrons. The monoisotopic (exact) mass is 324 g/mol. The Hall–Kier alpha value is -2.53. The van der Waals surface area contributed by atoms with Gasteiger partial charge in [0.25, 0.3) is 5.91 Å². The molecule has 0 fully saturated rings. The fourth-order valence-corrected chi connectivity index (χ4v) is 3.42. The van der Waals surface area contributed by atoms with Crippen molar-refractivity contribution < 1.29 is 14.7 Å². The average molecular weight is 324 g/mol. The number of aryl methyl sites for hydroxylation is 1. The van der Waals surface area contributed by atoms with Crippen molar-refractivity contribution in [3.63, 3.8) is 0 Å². The van der Waals surface area contributed by atoms with Gasteiger partial charge in [0.1, 0.15) is 0 Å². The van der Waals surface area contributed by atoms with Crippen LogP contribution in [0.15, 0.2) is 64.4 Å². The molecule has 0 unspecified atom stereocenters. The fourth-order valence-electron chi connectivity index (χ4n) is 2.40. The number of benzene rings is 2. The standard InChI is InChI=1S/C18H15NO3S/c1-12-6-8-13(9-7-12)11-19-14-4-2-3-5-15(14)23-16(18(19)22)10-17(20)21/h2-10H,11H2,1H3,(H,20,21)/p-1. The first-order chi connectivity index (χ1) is 11.0. The van der Waals surface area contributed by atoms with E-state index in [-0.39, 0.29) is 10.8 Å². The molecule has 0 spiro atoms. The first-order valence-electron chi connectivity index (χ1n) is 7.11. The number of fused-ring (bicyclic) bond motifs is 1. The molecule has 23 heavy (non-hydrogen) atoms. The van der Waals surface area contributed by atoms with E-state index in [9.17, 15) is 14.7 Å². The molecule has 3 rings (SSSR count). The number of hydrogen-bond donors (Lipinski definition) is 0. The van der Waals surface area contributed by atoms with Crippen LogP contribution in [0.3, 0.4) is 0 Å². The lowest BCUT2D eigenvalue weighted by atomic mass is 10.1. The molecule has 4 nitrogen and oxygen atoms in total. The van der Waals surface area contributed by atoms with Crippen molar-refractivity contribution in [2.45, 2.75) is 18.4 Å². The topological polar surface area (TPSA) is 60.4 Å². The minimum atomic E-state index is -1.37. The van der Waals surface area contributed by atoms with Gasteiger partial charge in [0.15, 0.2) is 0 Å². The highest BCUT2D eigenvalue weighted by Gasteiger charge is 2.28. The van der Waals surface area contributed by atoms with E-state index in [2.05, 4.69) is 0 Å². The van der Waals surface area contributed by atoms with Crippen molar-refractivity contribution in [3.05, 3.63) is 70.6 Å². The maximum Gasteiger partial charge on any atom is 0.265 e. The third-order valence-corrected chi connectivity index (χ3v) is 4.62. The number of para-hydroxylation sites is 1. The van der Waals surface area contributed by atoms with E-state index >= 15 is 0 Å². The number of nitrogens with zero attached hydrogens (tertiary/aromatic N) is 1. The first-order valence-corrected chi connectivity index (χ1v) is 7.93. The summed E-state index contributed by atoms with van der Waals surface area (Å²) in [5.41, 5.74) is 2.92. The Morgan fingerprint density at radius 1 is 1.17 bits per heavy atom. The van der Waals surface area contributed by atoms with Crippen LogP contribution >= 0.6 is 11.8 Å². The van der Waals surface area contributed by atoms with Crippen molar-refractivity contribution >= 4 is 29.3 Å². The first kappa shape index (κ1) is 15.4. The molecule has 1 amide bonds. The lowest BCUT2D eigenvalue weighted by Crippen LogP contribution is -2.34. The zero-order valence-corrected chi connectivity index (χ0v) is 13.3. The highest BCUT2D eigenvalue weighted by atomic mass is 32.2. The predicted molar refractivity (Wildman–Crippen MR) is 87.8 cm³/mol. The molecule has 1 aliphatic heterocycles. The molecule has 2 aromatic carbocycles. The largest absolute Gasteiger partial charge is 0.545 e. The van der Waals surface area contributed by atoms with Crippen molar-refractivity contribution in [1.82, 2.24) is 0 Å². The Labute approximate surface area is 138 Å². The van der Waals surface area contributed by atoms with Crippen LogP contribution in [0.1, 0.15) is 11.1 Å². The number of amides is 1. The van der Waals surface area contributed by atoms with Crippen molar-refractivity contribution in [1.29, 1.82) is 0 Å². The Balaban J connectivity index is 2.00. The molecule has 0 aliphatic carbocycles. The second kappa shape index (κ2) is 6.30. The third kappa shape index (κ3) is 3.29. The number of thioether (sulfide) groups is 1. The predicted octanol–water partition coefficient (Wildman–Crippen LogP) is 2.27. The second-order valence-corrected chi connectivity index (χ2v) is 6.36. The van der Waals surface area contributed by atoms with Crippen LogP contribution in [0, 0.1) is 6.92 Å². The average Bonchev–Trinajstić information content (AvgIpc) is 2.53. The zero-order chi connectivity index (χ0) is 16.4. The normalized spacial score (nSPS) is 15.6. The fraction of sp³-hybridized carbons (Fsp3) is 0.111. The molecule has 2 aromatic rings. The van der Waals surface area contributed by atoms with Gasteiger partial charge in [0, 0.05) is 4.90 Å². The number of carboxylic acid groups (broad SMARTS) is 1. The van der Waals surface area contributed by atoms with Crippen LogP contribution in [-0.2, 0) is 16.1 Å². The summed E-state index contributed by atoms with van der Waals surface area (Å²) in [6, 6.07) is 15.4. The van der Waals surface area contributed by atoms with Gasteiger partial charge in [-0.3, -0.25) is 4.79 Å². The van der Waals surface area contributed by atoms with Gasteiger partial charge in [-0.2, -0.15) is 0 Å². The second-order valence-electron chi connectivity index (χ2n) is 5.27. The molecule has 1 heterocycles. The van der Waals surface area contributed by atoms with Crippen molar-refractivity contribution in [2.24, 2.45) is 0 Å². The summed E-state index contributed by atoms with van der Waals surface area (Å²) in [5, 5.41) is 10.9. The molecule has 1 aliphatic rings. The highest BCUT2D eigenvalue weighted by Crippen LogP contribution is 2.41. The van der Waals surface area contributed by atoms with Gasteiger partial charge in [-0.1, -0.05) is 53.7 Å². The summed E-state index contributed by atoms with van der Waals surface area (Å²) in [6.45, 7) is 2.39. The van der Waals surface area contributed by atoms with Crippen LogP contribution < -0.4 is 10.0 Å². The summed E-state index contributed by atoms with van der Waals surface area (Å²) < 4.78 is 0. The van der Waals surface area contributed by atoms with Gasteiger partial charge in [0.05, 0.1) is 23.1 Å². The zero-order valence-electron chi connectivity index (χ0n) is 12.5. The van der Waals surface area contributed by atoms with Crippen molar-refractivity contribution in [2.75, 3.05) is 4.90 Å². The molecule has 0 saturated heterocycles. The van der Waals surface area contributed by atoms with E-state index in [1.807, 2.05) is 55.5 Å². The van der Waals surface area contributed by atoms with Gasteiger partial charge in [-0.25, -0.2) is 0 Å². The number of hydrogen-bond acceptors (Lipinski definition) is 4. The van der Waals surface area contributed by atoms with E-state index in [1.54, 1.807) is 4.90 Å². The quantitative estimate of drug-likeness (QED) is 0.813. The third-order valence-electron chi connectivity index (χ3n) is 3.54. The highest BCUT2D eigenvalue weighted by molar-refractivity contribution is 8.04. The SMILES string of the molecule is Cc1ccc(CN2C(=O)C(=CC(=O)[O-])Sc3ccccc32)cc1. The maximum absolute atomic E-state index is 12.6. The molecule has 0 bridgehead atoms. The minimum absolute atomic E-state index is 0.163. The van der Waals surface area contributed by atoms with E-state index in [4.69, 9.17) is 0 Å². The Morgan fingerprint density at radius 2 is 1.87 bits per heavy atom. The van der Waals surface area contributed by atoms with Crippen LogP contribution in [0.4, 0.5) is 5.69 Å². The Morgan fingerprint density at radius 3 is 2.57 bits per heavy atom. The van der Waals surface area contributed by atoms with Crippen LogP contribution in [0.5, 0.6) is 0 Å². The van der Waals surface area contributed by atoms with E-state index < -0.39 is 5.97 Å². The van der Waals surface area contributed by atoms with E-state index in [0.717, 1.165) is 39.5 Å². The maximum atomic E-state index is 12.6. The number of rotatable bonds is 3. The molecule has 0 saturated carbocycles. The van der Waals surface area contributed by atoms with Gasteiger partial charge < -0.3 is 14.8 Å². The number of carboxylic acids is 1. The van der Waals surface area contributed by atoms with Gasteiger partial charge in [-0.15, -0.1) is 0 Å². The minimum Gasteiger partial charge on any atom is -0.545 e. The van der Waals surface area contributed by atoms with E-state index in [1.165, 1.54) is 0 Å².